The SMILES string of the molecule is CC/C=C\C/C=C\C/C=C\C/C=C\CCCCCCCCCCC(=O)OCC(COC(=O)CCCCCCC/C=C\CCCCC)OC(=O)CCCCCCCC/C=C\C/C=C\C/C=C\C/C=C\CC. The largest absolute Gasteiger partial charge is 0.462 e. The average molecular weight is 972 g/mol. The summed E-state index contributed by atoms with van der Waals surface area (Å²) in [7, 11) is 0. The first-order valence-electron chi connectivity index (χ1n) is 28.9. The Kier molecular flexibility index (Phi) is 54.4. The van der Waals surface area contributed by atoms with Crippen LogP contribution in [0.3, 0.4) is 0 Å². The molecule has 0 spiro atoms. The number of unbranched alkanes of at least 4 members (excludes halogenated alkanes) is 22. The summed E-state index contributed by atoms with van der Waals surface area (Å²) in [6.45, 7) is 6.37. The van der Waals surface area contributed by atoms with Crippen LogP contribution in [0.1, 0.15) is 258 Å². The summed E-state index contributed by atoms with van der Waals surface area (Å²) in [5, 5.41) is 0. The van der Waals surface area contributed by atoms with Crippen molar-refractivity contribution >= 4 is 17.9 Å². The third-order valence-electron chi connectivity index (χ3n) is 12.0. The van der Waals surface area contributed by atoms with Crippen molar-refractivity contribution in [2.45, 2.75) is 264 Å². The van der Waals surface area contributed by atoms with Crippen LogP contribution in [0.15, 0.2) is 109 Å². The maximum absolute atomic E-state index is 12.9. The molecule has 70 heavy (non-hydrogen) atoms. The molecule has 1 unspecified atom stereocenters. The minimum Gasteiger partial charge on any atom is -0.462 e. The quantitative estimate of drug-likeness (QED) is 0.0262. The van der Waals surface area contributed by atoms with E-state index in [1.807, 2.05) is 0 Å². The van der Waals surface area contributed by atoms with Crippen LogP contribution in [0.25, 0.3) is 0 Å². The molecule has 0 aliphatic carbocycles. The average Bonchev–Trinajstić information content (AvgIpc) is 3.36. The predicted octanol–water partition coefficient (Wildman–Crippen LogP) is 19.5. The Labute approximate surface area is 431 Å². The van der Waals surface area contributed by atoms with Crippen molar-refractivity contribution in [3.63, 3.8) is 0 Å². The van der Waals surface area contributed by atoms with Crippen LogP contribution >= 0.6 is 0 Å². The summed E-state index contributed by atoms with van der Waals surface area (Å²) in [6, 6.07) is 0. The molecule has 0 fully saturated rings. The van der Waals surface area contributed by atoms with Gasteiger partial charge in [-0.3, -0.25) is 14.4 Å². The molecule has 0 aliphatic heterocycles. The number of rotatable bonds is 51. The Morgan fingerprint density at radius 2 is 0.557 bits per heavy atom. The second kappa shape index (κ2) is 57.6. The van der Waals surface area contributed by atoms with E-state index >= 15 is 0 Å². The lowest BCUT2D eigenvalue weighted by Gasteiger charge is -2.18. The molecule has 0 amide bonds. The zero-order chi connectivity index (χ0) is 50.7. The van der Waals surface area contributed by atoms with Gasteiger partial charge in [0, 0.05) is 19.3 Å². The second-order valence-electron chi connectivity index (χ2n) is 18.8. The fourth-order valence-electron chi connectivity index (χ4n) is 7.71. The van der Waals surface area contributed by atoms with Gasteiger partial charge in [0.2, 0.25) is 0 Å². The Bertz CT molecular complexity index is 1440. The van der Waals surface area contributed by atoms with Crippen LogP contribution in [0.4, 0.5) is 0 Å². The van der Waals surface area contributed by atoms with Crippen LogP contribution in [0, 0.1) is 0 Å². The van der Waals surface area contributed by atoms with Crippen molar-refractivity contribution in [1.29, 1.82) is 0 Å². The van der Waals surface area contributed by atoms with Gasteiger partial charge < -0.3 is 14.2 Å². The van der Waals surface area contributed by atoms with Crippen molar-refractivity contribution in [2.75, 3.05) is 13.2 Å². The highest BCUT2D eigenvalue weighted by Crippen LogP contribution is 2.14. The zero-order valence-corrected chi connectivity index (χ0v) is 45.5. The summed E-state index contributed by atoms with van der Waals surface area (Å²) < 4.78 is 16.8. The molecule has 0 bridgehead atoms. The van der Waals surface area contributed by atoms with Gasteiger partial charge in [-0.25, -0.2) is 0 Å². The summed E-state index contributed by atoms with van der Waals surface area (Å²) in [4.78, 5) is 38.2. The third kappa shape index (κ3) is 55.0. The molecule has 0 aromatic heterocycles. The van der Waals surface area contributed by atoms with E-state index in [4.69, 9.17) is 14.2 Å². The predicted molar refractivity (Wildman–Crippen MR) is 302 cm³/mol. The molecule has 0 saturated heterocycles. The van der Waals surface area contributed by atoms with Gasteiger partial charge in [-0.05, 0) is 122 Å². The number of hydrogen-bond donors (Lipinski definition) is 0. The first-order chi connectivity index (χ1) is 34.5. The second-order valence-corrected chi connectivity index (χ2v) is 18.8. The van der Waals surface area contributed by atoms with Gasteiger partial charge in [0.1, 0.15) is 13.2 Å². The van der Waals surface area contributed by atoms with E-state index in [-0.39, 0.29) is 31.1 Å². The van der Waals surface area contributed by atoms with E-state index in [9.17, 15) is 14.4 Å². The minimum atomic E-state index is -0.795. The van der Waals surface area contributed by atoms with Gasteiger partial charge in [-0.15, -0.1) is 0 Å². The molecule has 0 saturated carbocycles. The molecular formula is C64H106O6. The molecule has 0 aromatic rings. The van der Waals surface area contributed by atoms with Gasteiger partial charge in [0.05, 0.1) is 0 Å². The monoisotopic (exact) mass is 971 g/mol. The molecule has 6 nitrogen and oxygen atoms in total. The molecule has 6 heteroatoms. The summed E-state index contributed by atoms with van der Waals surface area (Å²) in [5.74, 6) is -0.922. The van der Waals surface area contributed by atoms with Gasteiger partial charge in [-0.1, -0.05) is 226 Å². The van der Waals surface area contributed by atoms with Gasteiger partial charge in [0.15, 0.2) is 6.10 Å². The number of hydrogen-bond acceptors (Lipinski definition) is 6. The maximum Gasteiger partial charge on any atom is 0.306 e. The fraction of sp³-hybridized carbons (Fsp3) is 0.672. The normalized spacial score (nSPS) is 12.9. The van der Waals surface area contributed by atoms with E-state index in [2.05, 4.69) is 130 Å². The van der Waals surface area contributed by atoms with E-state index in [1.165, 1.54) is 83.5 Å². The lowest BCUT2D eigenvalue weighted by Crippen LogP contribution is -2.30. The van der Waals surface area contributed by atoms with Crippen molar-refractivity contribution in [3.8, 4) is 0 Å². The smallest absolute Gasteiger partial charge is 0.306 e. The summed E-state index contributed by atoms with van der Waals surface area (Å²) in [5.41, 5.74) is 0. The van der Waals surface area contributed by atoms with Crippen molar-refractivity contribution in [3.05, 3.63) is 109 Å². The van der Waals surface area contributed by atoms with Crippen LogP contribution in [-0.2, 0) is 28.6 Å². The van der Waals surface area contributed by atoms with Crippen molar-refractivity contribution in [2.24, 2.45) is 0 Å². The highest BCUT2D eigenvalue weighted by molar-refractivity contribution is 5.71. The Morgan fingerprint density at radius 1 is 0.300 bits per heavy atom. The minimum absolute atomic E-state index is 0.0921. The number of allylic oxidation sites excluding steroid dienone is 18. The highest BCUT2D eigenvalue weighted by Gasteiger charge is 2.19. The van der Waals surface area contributed by atoms with Crippen molar-refractivity contribution in [1.82, 2.24) is 0 Å². The molecule has 1 atom stereocenters. The summed E-state index contributed by atoms with van der Waals surface area (Å²) >= 11 is 0. The molecule has 0 rings (SSSR count). The molecule has 0 heterocycles. The standard InChI is InChI=1S/C64H106O6/c1-4-7-10-13-16-19-22-25-27-29-31-32-34-35-37-39-42-45-48-51-54-57-63(66)69-60-61(59-68-62(65)56-53-50-47-44-41-24-21-18-15-12-9-6-3)70-64(67)58-55-52-49-46-43-40-38-36-33-30-28-26-23-20-17-14-11-8-5-2/h7-8,10-11,16-21,25-28,31-33,36,61H,4-6,9,12-15,22-24,29-30,34-35,37-60H2,1-3H3/b10-7-,11-8-,19-16-,20-17-,21-18-,27-25-,28-26-,32-31-,36-33-. The Morgan fingerprint density at radius 3 is 0.886 bits per heavy atom. The molecule has 0 radical (unpaired) electrons. The topological polar surface area (TPSA) is 78.9 Å². The van der Waals surface area contributed by atoms with Crippen LogP contribution < -0.4 is 0 Å². The lowest BCUT2D eigenvalue weighted by molar-refractivity contribution is -0.167. The zero-order valence-electron chi connectivity index (χ0n) is 45.5. The first kappa shape index (κ1) is 66.1. The van der Waals surface area contributed by atoms with Crippen molar-refractivity contribution < 1.29 is 28.6 Å². The van der Waals surface area contributed by atoms with Crippen LogP contribution in [-0.4, -0.2) is 37.2 Å². The Hall–Kier alpha value is -3.93. The van der Waals surface area contributed by atoms with E-state index < -0.39 is 6.10 Å². The number of carbonyl (C=O) groups excluding carboxylic acids is 3. The van der Waals surface area contributed by atoms with Gasteiger partial charge in [0.25, 0.3) is 0 Å². The molecule has 398 valence electrons. The molecule has 0 aromatic carbocycles. The molecular weight excluding hydrogens is 865 g/mol. The lowest BCUT2D eigenvalue weighted by atomic mass is 10.1. The summed E-state index contributed by atoms with van der Waals surface area (Å²) in [6.07, 6.45) is 77.9. The fourth-order valence-corrected chi connectivity index (χ4v) is 7.71. The van der Waals surface area contributed by atoms with Crippen LogP contribution in [0.2, 0.25) is 0 Å². The third-order valence-corrected chi connectivity index (χ3v) is 12.0. The first-order valence-corrected chi connectivity index (χ1v) is 28.9. The van der Waals surface area contributed by atoms with E-state index in [0.29, 0.717) is 19.3 Å². The number of ether oxygens (including phenoxy) is 3. The van der Waals surface area contributed by atoms with Gasteiger partial charge in [-0.2, -0.15) is 0 Å². The van der Waals surface area contributed by atoms with Crippen LogP contribution in [0.5, 0.6) is 0 Å². The molecule has 0 aliphatic rings. The van der Waals surface area contributed by atoms with Gasteiger partial charge >= 0.3 is 17.9 Å². The Balaban J connectivity index is 4.40. The van der Waals surface area contributed by atoms with E-state index in [0.717, 1.165) is 135 Å². The number of carbonyl (C=O) groups is 3. The van der Waals surface area contributed by atoms with E-state index in [1.54, 1.807) is 0 Å². The molecule has 0 N–H and O–H groups in total. The number of esters is 3. The maximum atomic E-state index is 12.9. The highest BCUT2D eigenvalue weighted by atomic mass is 16.6.